The van der Waals surface area contributed by atoms with Crippen LogP contribution in [0.25, 0.3) is 0 Å². The van der Waals surface area contributed by atoms with Crippen LogP contribution < -0.4 is 5.32 Å². The lowest BCUT2D eigenvalue weighted by atomic mass is 9.69. The van der Waals surface area contributed by atoms with Crippen LogP contribution in [0.4, 0.5) is 0 Å². The largest absolute Gasteiger partial charge is 0.349 e. The zero-order chi connectivity index (χ0) is 17.0. The van der Waals surface area contributed by atoms with Gasteiger partial charge in [-0.25, -0.2) is 0 Å². The molecule has 0 heterocycles. The Morgan fingerprint density at radius 1 is 1.04 bits per heavy atom. The highest BCUT2D eigenvalue weighted by Crippen LogP contribution is 2.39. The van der Waals surface area contributed by atoms with E-state index in [0.29, 0.717) is 11.3 Å². The Morgan fingerprint density at radius 2 is 1.67 bits per heavy atom. The first-order valence-corrected chi connectivity index (χ1v) is 8.93. The fraction of sp³-hybridized carbons (Fsp3) is 0.409. The summed E-state index contributed by atoms with van der Waals surface area (Å²) in [5.41, 5.74) is 2.41. The maximum atomic E-state index is 12.6. The number of amides is 1. The second-order valence-electron chi connectivity index (χ2n) is 7.80. The summed E-state index contributed by atoms with van der Waals surface area (Å²) < 4.78 is 0. The van der Waals surface area contributed by atoms with Gasteiger partial charge in [0.15, 0.2) is 0 Å². The van der Waals surface area contributed by atoms with Gasteiger partial charge in [0.1, 0.15) is 0 Å². The smallest absolute Gasteiger partial charge is 0.251 e. The molecular formula is C22H27NO. The summed E-state index contributed by atoms with van der Waals surface area (Å²) in [5, 5.41) is 3.32. The molecule has 1 N–H and O–H groups in total. The van der Waals surface area contributed by atoms with Gasteiger partial charge in [-0.1, -0.05) is 62.4 Å². The maximum absolute atomic E-state index is 12.6. The van der Waals surface area contributed by atoms with E-state index in [1.165, 1.54) is 18.4 Å². The van der Waals surface area contributed by atoms with Gasteiger partial charge in [0.2, 0.25) is 0 Å². The summed E-state index contributed by atoms with van der Waals surface area (Å²) in [6.07, 6.45) is 4.48. The van der Waals surface area contributed by atoms with E-state index in [1.807, 2.05) is 30.3 Å². The van der Waals surface area contributed by atoms with Crippen molar-refractivity contribution >= 4 is 5.91 Å². The molecule has 0 aliphatic heterocycles. The minimum atomic E-state index is 0.0522. The van der Waals surface area contributed by atoms with Crippen molar-refractivity contribution in [2.45, 2.75) is 45.6 Å². The highest BCUT2D eigenvalue weighted by molar-refractivity contribution is 5.94. The molecule has 0 spiro atoms. The Bertz CT molecular complexity index is 663. The van der Waals surface area contributed by atoms with Crippen molar-refractivity contribution in [3.8, 4) is 0 Å². The molecule has 2 heteroatoms. The molecule has 1 aliphatic rings. The molecule has 1 fully saturated rings. The van der Waals surface area contributed by atoms with Crippen LogP contribution in [0, 0.1) is 11.3 Å². The van der Waals surface area contributed by atoms with Gasteiger partial charge in [0.25, 0.3) is 5.91 Å². The van der Waals surface area contributed by atoms with Crippen LogP contribution in [0.5, 0.6) is 0 Å². The Kier molecular flexibility index (Phi) is 5.03. The molecule has 1 saturated carbocycles. The Balaban J connectivity index is 1.73. The Hall–Kier alpha value is -2.09. The Morgan fingerprint density at radius 3 is 2.33 bits per heavy atom. The van der Waals surface area contributed by atoms with E-state index in [9.17, 15) is 4.79 Å². The van der Waals surface area contributed by atoms with Gasteiger partial charge in [-0.15, -0.1) is 0 Å². The predicted octanol–water partition coefficient (Wildman–Crippen LogP) is 4.85. The summed E-state index contributed by atoms with van der Waals surface area (Å²) in [4.78, 5) is 12.6. The van der Waals surface area contributed by atoms with Crippen LogP contribution in [0.15, 0.2) is 60.7 Å². The zero-order valence-corrected chi connectivity index (χ0v) is 14.7. The van der Waals surface area contributed by atoms with Crippen LogP contribution in [-0.4, -0.2) is 11.9 Å². The Labute approximate surface area is 145 Å². The quantitative estimate of drug-likeness (QED) is 0.856. The standard InChI is InChI=1S/C22H27NO/c1-22(2)14-13-19(15-17-9-5-3-6-10-17)20(16-22)23-21(24)18-11-7-4-8-12-18/h3-12,19-20H,13-16H2,1-2H3,(H,23,24). The molecule has 1 aliphatic carbocycles. The highest BCUT2D eigenvalue weighted by Gasteiger charge is 2.35. The fourth-order valence-electron chi connectivity index (χ4n) is 3.81. The van der Waals surface area contributed by atoms with Crippen LogP contribution in [0.3, 0.4) is 0 Å². The predicted molar refractivity (Wildman–Crippen MR) is 99.0 cm³/mol. The molecule has 0 radical (unpaired) electrons. The third-order valence-corrected chi connectivity index (χ3v) is 5.23. The lowest BCUT2D eigenvalue weighted by molar-refractivity contribution is 0.0844. The number of carbonyl (C=O) groups is 1. The van der Waals surface area contributed by atoms with Gasteiger partial charge in [-0.2, -0.15) is 0 Å². The number of hydrogen-bond donors (Lipinski definition) is 1. The minimum absolute atomic E-state index is 0.0522. The third-order valence-electron chi connectivity index (χ3n) is 5.23. The number of rotatable bonds is 4. The van der Waals surface area contributed by atoms with Crippen molar-refractivity contribution in [2.75, 3.05) is 0 Å². The number of carbonyl (C=O) groups excluding carboxylic acids is 1. The second-order valence-corrected chi connectivity index (χ2v) is 7.80. The van der Waals surface area contributed by atoms with E-state index in [2.05, 4.69) is 49.5 Å². The lowest BCUT2D eigenvalue weighted by Crippen LogP contribution is -2.46. The molecular weight excluding hydrogens is 294 g/mol. The number of hydrogen-bond acceptors (Lipinski definition) is 1. The van der Waals surface area contributed by atoms with E-state index in [4.69, 9.17) is 0 Å². The topological polar surface area (TPSA) is 29.1 Å². The van der Waals surface area contributed by atoms with Gasteiger partial charge >= 0.3 is 0 Å². The van der Waals surface area contributed by atoms with Gasteiger partial charge in [-0.05, 0) is 54.7 Å². The van der Waals surface area contributed by atoms with Crippen molar-refractivity contribution in [2.24, 2.45) is 11.3 Å². The average Bonchev–Trinajstić information content (AvgIpc) is 2.59. The van der Waals surface area contributed by atoms with E-state index in [0.717, 1.165) is 18.4 Å². The SMILES string of the molecule is CC1(C)CCC(Cc2ccccc2)C(NC(=O)c2ccccc2)C1. The van der Waals surface area contributed by atoms with Crippen molar-refractivity contribution in [3.63, 3.8) is 0 Å². The molecule has 2 aromatic rings. The van der Waals surface area contributed by atoms with E-state index >= 15 is 0 Å². The highest BCUT2D eigenvalue weighted by atomic mass is 16.1. The number of benzene rings is 2. The van der Waals surface area contributed by atoms with E-state index in [-0.39, 0.29) is 11.9 Å². The third kappa shape index (κ3) is 4.25. The summed E-state index contributed by atoms with van der Waals surface area (Å²) in [7, 11) is 0. The maximum Gasteiger partial charge on any atom is 0.251 e. The first-order valence-electron chi connectivity index (χ1n) is 8.93. The van der Waals surface area contributed by atoms with Crippen LogP contribution in [0.1, 0.15) is 49.0 Å². The molecule has 2 unspecified atom stereocenters. The van der Waals surface area contributed by atoms with Crippen molar-refractivity contribution in [1.82, 2.24) is 5.32 Å². The number of nitrogens with one attached hydrogen (secondary N) is 1. The van der Waals surface area contributed by atoms with Gasteiger partial charge in [0, 0.05) is 11.6 Å². The first kappa shape index (κ1) is 16.8. The van der Waals surface area contributed by atoms with Crippen LogP contribution in [-0.2, 0) is 6.42 Å². The summed E-state index contributed by atoms with van der Waals surface area (Å²) in [6, 6.07) is 20.4. The molecule has 0 saturated heterocycles. The van der Waals surface area contributed by atoms with Crippen molar-refractivity contribution < 1.29 is 4.79 Å². The molecule has 0 bridgehead atoms. The zero-order valence-electron chi connectivity index (χ0n) is 14.7. The molecule has 1 amide bonds. The van der Waals surface area contributed by atoms with Gasteiger partial charge in [-0.3, -0.25) is 4.79 Å². The van der Waals surface area contributed by atoms with E-state index in [1.54, 1.807) is 0 Å². The molecule has 126 valence electrons. The van der Waals surface area contributed by atoms with Crippen molar-refractivity contribution in [3.05, 3.63) is 71.8 Å². The molecule has 3 rings (SSSR count). The first-order chi connectivity index (χ1) is 11.5. The average molecular weight is 321 g/mol. The monoisotopic (exact) mass is 321 g/mol. The molecule has 2 nitrogen and oxygen atoms in total. The minimum Gasteiger partial charge on any atom is -0.349 e. The molecule has 2 atom stereocenters. The summed E-state index contributed by atoms with van der Waals surface area (Å²) in [5.74, 6) is 0.560. The summed E-state index contributed by atoms with van der Waals surface area (Å²) >= 11 is 0. The summed E-state index contributed by atoms with van der Waals surface area (Å²) in [6.45, 7) is 4.63. The fourth-order valence-corrected chi connectivity index (χ4v) is 3.81. The van der Waals surface area contributed by atoms with Gasteiger partial charge < -0.3 is 5.32 Å². The van der Waals surface area contributed by atoms with Crippen molar-refractivity contribution in [1.29, 1.82) is 0 Å². The lowest BCUT2D eigenvalue weighted by Gasteiger charge is -2.41. The molecule has 24 heavy (non-hydrogen) atoms. The van der Waals surface area contributed by atoms with Crippen LogP contribution >= 0.6 is 0 Å². The van der Waals surface area contributed by atoms with Crippen LogP contribution in [0.2, 0.25) is 0 Å². The normalized spacial score (nSPS) is 22.8. The van der Waals surface area contributed by atoms with Gasteiger partial charge in [0.05, 0.1) is 0 Å². The molecule has 2 aromatic carbocycles. The van der Waals surface area contributed by atoms with E-state index < -0.39 is 0 Å². The molecule has 0 aromatic heterocycles. The second kappa shape index (κ2) is 7.21.